The van der Waals surface area contributed by atoms with Crippen LogP contribution in [0, 0.1) is 35.5 Å². The van der Waals surface area contributed by atoms with E-state index in [1.165, 1.54) is 12.0 Å². The summed E-state index contributed by atoms with van der Waals surface area (Å²) in [5.74, 6) is -8.64. The van der Waals surface area contributed by atoms with Crippen molar-refractivity contribution in [2.45, 2.75) is 206 Å². The number of amides is 1. The van der Waals surface area contributed by atoms with Gasteiger partial charge in [0.1, 0.15) is 17.9 Å². The van der Waals surface area contributed by atoms with Gasteiger partial charge in [0.05, 0.1) is 24.4 Å². The number of allylic oxidation sites excluding steroid dienone is 6. The van der Waals surface area contributed by atoms with Crippen LogP contribution in [-0.4, -0.2) is 157 Å². The minimum absolute atomic E-state index is 0. The molecular weight excluding hydrogens is 996 g/mol. The van der Waals surface area contributed by atoms with Gasteiger partial charge >= 0.3 is 11.9 Å². The topological polar surface area (TPSA) is 205 Å². The fourth-order valence-corrected chi connectivity index (χ4v) is 11.9. The van der Waals surface area contributed by atoms with Crippen molar-refractivity contribution in [2.24, 2.45) is 35.5 Å². The lowest BCUT2D eigenvalue weighted by Crippen LogP contribution is -2.61. The van der Waals surface area contributed by atoms with Crippen LogP contribution in [0.1, 0.15) is 151 Å². The van der Waals surface area contributed by atoms with Crippen molar-refractivity contribution in [2.75, 3.05) is 47.5 Å². The molecule has 1 aliphatic carbocycles. The van der Waals surface area contributed by atoms with E-state index in [2.05, 4.69) is 4.90 Å². The maximum atomic E-state index is 14.6. The molecule has 76 heavy (non-hydrogen) atoms. The number of halogens is 1. The van der Waals surface area contributed by atoms with E-state index in [-0.39, 0.29) is 73.6 Å². The Kier molecular flexibility index (Phi) is 26.7. The second kappa shape index (κ2) is 31.3. The van der Waals surface area contributed by atoms with Crippen molar-refractivity contribution in [1.29, 1.82) is 0 Å². The third kappa shape index (κ3) is 18.0. The SMILES string of the molecule is COC1CC2CCC(C)[C@](O)(O2)C(=O)C(=O)N2CCCCC2C(=O)OC(C(C)CC2CCC(O)C(OC)C2)CC(=O)C(C)/C=C(\C)C(OC(=O)CCCN2CCCC2)C(OC)C(=O)C(C)CC(C)/C=C/C=C/C=C\1C.Cl. The number of cyclic esters (lactones) is 1. The van der Waals surface area contributed by atoms with Crippen molar-refractivity contribution < 1.29 is 67.4 Å². The Labute approximate surface area is 459 Å². The molecule has 5 aliphatic rings. The second-order valence-electron chi connectivity index (χ2n) is 22.7. The second-order valence-corrected chi connectivity index (χ2v) is 22.7. The van der Waals surface area contributed by atoms with Gasteiger partial charge in [-0.25, -0.2) is 4.79 Å². The van der Waals surface area contributed by atoms with Crippen molar-refractivity contribution >= 4 is 47.6 Å². The number of ether oxygens (including phenoxy) is 6. The molecule has 16 nitrogen and oxygen atoms in total. The fourth-order valence-electron chi connectivity index (χ4n) is 11.9. The molecule has 430 valence electrons. The first-order chi connectivity index (χ1) is 35.7. The first-order valence-corrected chi connectivity index (χ1v) is 28.1. The summed E-state index contributed by atoms with van der Waals surface area (Å²) in [5.41, 5.74) is 1.34. The average molecular weight is 1090 g/mol. The highest BCUT2D eigenvalue weighted by atomic mass is 35.5. The number of carbonyl (C=O) groups is 6. The normalized spacial score (nSPS) is 37.3. The summed E-state index contributed by atoms with van der Waals surface area (Å²) in [5, 5.41) is 22.6. The summed E-state index contributed by atoms with van der Waals surface area (Å²) in [6, 6.07) is -1.16. The molecule has 1 amide bonds. The monoisotopic (exact) mass is 1090 g/mol. The van der Waals surface area contributed by atoms with Crippen LogP contribution in [0.15, 0.2) is 47.6 Å². The molecule has 15 atom stereocenters. The maximum Gasteiger partial charge on any atom is 0.329 e. The fraction of sp³-hybridized carbons (Fsp3) is 0.763. The molecule has 4 aliphatic heterocycles. The molecule has 4 fully saturated rings. The number of piperidine rings is 1. The number of aliphatic hydroxyl groups excluding tert-OH is 1. The number of Topliss-reactive ketones (excluding diaryl/α,β-unsaturated/α-hetero) is 3. The molecular formula is C59H93ClN2O14. The number of hydrogen-bond acceptors (Lipinski definition) is 15. The van der Waals surface area contributed by atoms with Gasteiger partial charge < -0.3 is 48.4 Å². The van der Waals surface area contributed by atoms with Crippen LogP contribution in [0.25, 0.3) is 0 Å². The Morgan fingerprint density at radius 2 is 1.54 bits per heavy atom. The molecule has 4 heterocycles. The lowest BCUT2D eigenvalue weighted by atomic mass is 9.78. The van der Waals surface area contributed by atoms with Gasteiger partial charge in [-0.2, -0.15) is 0 Å². The van der Waals surface area contributed by atoms with Gasteiger partial charge in [-0.05, 0) is 146 Å². The molecule has 2 bridgehead atoms. The van der Waals surface area contributed by atoms with Gasteiger partial charge in [0.25, 0.3) is 11.7 Å². The lowest BCUT2D eigenvalue weighted by Gasteiger charge is -2.42. The first-order valence-electron chi connectivity index (χ1n) is 28.1. The number of hydrogen-bond donors (Lipinski definition) is 2. The Bertz CT molecular complexity index is 2050. The number of aliphatic hydroxyl groups is 2. The van der Waals surface area contributed by atoms with Gasteiger partial charge in [0, 0.05) is 64.9 Å². The third-order valence-corrected chi connectivity index (χ3v) is 16.8. The van der Waals surface area contributed by atoms with Gasteiger partial charge in [0.2, 0.25) is 5.79 Å². The van der Waals surface area contributed by atoms with E-state index in [9.17, 15) is 39.0 Å². The summed E-state index contributed by atoms with van der Waals surface area (Å²) < 4.78 is 36.1. The zero-order valence-electron chi connectivity index (χ0n) is 47.3. The third-order valence-electron chi connectivity index (χ3n) is 16.8. The van der Waals surface area contributed by atoms with Crippen LogP contribution >= 0.6 is 12.4 Å². The number of fused-ring (bicyclic) bond motifs is 3. The van der Waals surface area contributed by atoms with E-state index in [1.54, 1.807) is 41.1 Å². The summed E-state index contributed by atoms with van der Waals surface area (Å²) in [7, 11) is 4.57. The van der Waals surface area contributed by atoms with Crippen molar-refractivity contribution in [3.05, 3.63) is 47.6 Å². The van der Waals surface area contributed by atoms with Gasteiger partial charge in [-0.1, -0.05) is 71.1 Å². The highest BCUT2D eigenvalue weighted by Gasteiger charge is 2.53. The van der Waals surface area contributed by atoms with Crippen molar-refractivity contribution in [3.63, 3.8) is 0 Å². The molecule has 5 rings (SSSR count). The number of carbonyl (C=O) groups excluding carboxylic acids is 6. The summed E-state index contributed by atoms with van der Waals surface area (Å²) in [6.45, 7) is 15.7. The number of methoxy groups -OCH3 is 3. The van der Waals surface area contributed by atoms with Gasteiger partial charge in [0.15, 0.2) is 18.0 Å². The van der Waals surface area contributed by atoms with Crippen LogP contribution in [0.5, 0.6) is 0 Å². The molecule has 14 unspecified atom stereocenters. The van der Waals surface area contributed by atoms with E-state index in [0.29, 0.717) is 76.2 Å². The number of rotatable bonds is 11. The van der Waals surface area contributed by atoms with Crippen molar-refractivity contribution in [3.8, 4) is 0 Å². The van der Waals surface area contributed by atoms with Gasteiger partial charge in [-0.15, -0.1) is 12.4 Å². The van der Waals surface area contributed by atoms with E-state index in [1.807, 2.05) is 58.1 Å². The standard InChI is InChI=1S/C59H92N2O14.ClH/c1-37-19-12-11-13-20-38(2)49(70-8)35-45-25-23-43(7)59(69,75-45)56(66)57(67)61-30-15-14-21-46(61)58(68)73-50(40(4)33-44-24-26-47(62)51(34-44)71-9)36-48(63)39(3)32-42(6)54(55(72-10)53(65)41(5)31-37)74-52(64)22-18-29-60-27-16-17-28-60;/h11-13,19-20,32,37,39-41,43-47,49-51,54-55,62,69H,14-18,21-31,33-36H2,1-10H3;1H/b13-11+,19-12+,38-20-,42-32+;/t37?,39?,40?,41?,43?,44?,45?,46?,47?,49?,50?,51?,54?,55?,59-;/m0./s1. The number of nitrogens with zero attached hydrogens (tertiary/aromatic N) is 2. The van der Waals surface area contributed by atoms with Crippen LogP contribution in [-0.2, 0) is 57.2 Å². The lowest BCUT2D eigenvalue weighted by molar-refractivity contribution is -0.265. The zero-order valence-corrected chi connectivity index (χ0v) is 48.1. The quantitative estimate of drug-likeness (QED) is 0.114. The molecule has 0 aromatic carbocycles. The number of ketones is 3. The Balaban J connectivity index is 0.0000125. The molecule has 0 aromatic rings. The minimum atomic E-state index is -2.44. The predicted octanol–water partition coefficient (Wildman–Crippen LogP) is 8.03. The van der Waals surface area contributed by atoms with Crippen LogP contribution in [0.3, 0.4) is 0 Å². The van der Waals surface area contributed by atoms with Gasteiger partial charge in [-0.3, -0.25) is 24.0 Å². The Morgan fingerprint density at radius 1 is 0.829 bits per heavy atom. The number of esters is 2. The molecule has 0 aromatic heterocycles. The smallest absolute Gasteiger partial charge is 0.329 e. The molecule has 1 saturated carbocycles. The van der Waals surface area contributed by atoms with E-state index in [4.69, 9.17) is 28.4 Å². The van der Waals surface area contributed by atoms with E-state index < -0.39 is 89.8 Å². The van der Waals surface area contributed by atoms with Crippen molar-refractivity contribution in [1.82, 2.24) is 9.80 Å². The molecule has 2 N–H and O–H groups in total. The summed E-state index contributed by atoms with van der Waals surface area (Å²) in [6.07, 6.45) is 14.2. The predicted molar refractivity (Wildman–Crippen MR) is 291 cm³/mol. The first kappa shape index (κ1) is 64.9. The largest absolute Gasteiger partial charge is 0.460 e. The Hall–Kier alpha value is -3.61. The highest BCUT2D eigenvalue weighted by molar-refractivity contribution is 6.39. The highest BCUT2D eigenvalue weighted by Crippen LogP contribution is 2.38. The van der Waals surface area contributed by atoms with Crippen LogP contribution in [0.4, 0.5) is 0 Å². The number of likely N-dealkylation sites (tertiary alicyclic amines) is 1. The molecule has 0 spiro atoms. The van der Waals surface area contributed by atoms with Crippen LogP contribution < -0.4 is 0 Å². The Morgan fingerprint density at radius 3 is 2.22 bits per heavy atom. The summed E-state index contributed by atoms with van der Waals surface area (Å²) >= 11 is 0. The molecule has 17 heteroatoms. The zero-order chi connectivity index (χ0) is 55.0. The summed E-state index contributed by atoms with van der Waals surface area (Å²) in [4.78, 5) is 89.5. The molecule has 3 saturated heterocycles. The molecule has 0 radical (unpaired) electrons. The van der Waals surface area contributed by atoms with Crippen LogP contribution in [0.2, 0.25) is 0 Å². The minimum Gasteiger partial charge on any atom is -0.460 e. The maximum absolute atomic E-state index is 14.6. The average Bonchev–Trinajstić information content (AvgIpc) is 3.91. The van der Waals surface area contributed by atoms with E-state index in [0.717, 1.165) is 38.0 Å². The van der Waals surface area contributed by atoms with E-state index >= 15 is 0 Å².